The SMILES string of the molecule is CC(CO)CNC(=O)/C=C/c1cccc(F)c1. The highest BCUT2D eigenvalue weighted by Gasteiger charge is 2.01. The third kappa shape index (κ3) is 5.26. The van der Waals surface area contributed by atoms with Crippen LogP contribution in [0.5, 0.6) is 0 Å². The first-order valence-electron chi connectivity index (χ1n) is 5.44. The number of carbonyl (C=O) groups excluding carboxylic acids is 1. The molecule has 0 saturated heterocycles. The van der Waals surface area contributed by atoms with E-state index in [1.807, 2.05) is 6.92 Å². The van der Waals surface area contributed by atoms with Crippen LogP contribution < -0.4 is 5.32 Å². The normalized spacial score (nSPS) is 12.6. The van der Waals surface area contributed by atoms with Gasteiger partial charge in [0.15, 0.2) is 0 Å². The minimum absolute atomic E-state index is 0.0292. The van der Waals surface area contributed by atoms with Crippen LogP contribution >= 0.6 is 0 Å². The van der Waals surface area contributed by atoms with Crippen LogP contribution in [0.2, 0.25) is 0 Å². The van der Waals surface area contributed by atoms with E-state index in [9.17, 15) is 9.18 Å². The number of hydrogen-bond acceptors (Lipinski definition) is 2. The summed E-state index contributed by atoms with van der Waals surface area (Å²) in [4.78, 5) is 11.3. The number of aliphatic hydroxyl groups excluding tert-OH is 1. The quantitative estimate of drug-likeness (QED) is 0.764. The molecule has 0 aliphatic rings. The lowest BCUT2D eigenvalue weighted by Gasteiger charge is -2.07. The molecule has 2 N–H and O–H groups in total. The second-order valence-corrected chi connectivity index (χ2v) is 3.92. The molecule has 92 valence electrons. The molecule has 0 radical (unpaired) electrons. The summed E-state index contributed by atoms with van der Waals surface area (Å²) in [5, 5.41) is 11.4. The first-order chi connectivity index (χ1) is 8.11. The van der Waals surface area contributed by atoms with Crippen molar-refractivity contribution in [2.75, 3.05) is 13.2 Å². The van der Waals surface area contributed by atoms with Crippen molar-refractivity contribution in [2.45, 2.75) is 6.92 Å². The van der Waals surface area contributed by atoms with E-state index in [0.29, 0.717) is 12.1 Å². The zero-order valence-corrected chi connectivity index (χ0v) is 9.69. The van der Waals surface area contributed by atoms with Crippen molar-refractivity contribution in [1.82, 2.24) is 5.32 Å². The summed E-state index contributed by atoms with van der Waals surface area (Å²) in [5.74, 6) is -0.558. The summed E-state index contributed by atoms with van der Waals surface area (Å²) < 4.78 is 12.8. The highest BCUT2D eigenvalue weighted by Crippen LogP contribution is 2.05. The molecule has 1 amide bonds. The van der Waals surface area contributed by atoms with E-state index in [-0.39, 0.29) is 24.2 Å². The molecule has 0 aliphatic carbocycles. The molecular weight excluding hydrogens is 221 g/mol. The summed E-state index contributed by atoms with van der Waals surface area (Å²) in [5.41, 5.74) is 0.635. The molecule has 0 spiro atoms. The Hall–Kier alpha value is -1.68. The third-order valence-electron chi connectivity index (χ3n) is 2.21. The number of carbonyl (C=O) groups is 1. The number of hydrogen-bond donors (Lipinski definition) is 2. The average Bonchev–Trinajstić information content (AvgIpc) is 2.33. The summed E-state index contributed by atoms with van der Waals surface area (Å²) in [7, 11) is 0. The summed E-state index contributed by atoms with van der Waals surface area (Å²) >= 11 is 0. The zero-order valence-electron chi connectivity index (χ0n) is 9.69. The Morgan fingerprint density at radius 1 is 1.59 bits per heavy atom. The van der Waals surface area contributed by atoms with Crippen molar-refractivity contribution in [1.29, 1.82) is 0 Å². The molecule has 1 unspecified atom stereocenters. The van der Waals surface area contributed by atoms with E-state index < -0.39 is 0 Å². The maximum Gasteiger partial charge on any atom is 0.244 e. The van der Waals surface area contributed by atoms with Gasteiger partial charge in [-0.3, -0.25) is 4.79 Å². The molecule has 1 rings (SSSR count). The van der Waals surface area contributed by atoms with E-state index >= 15 is 0 Å². The van der Waals surface area contributed by atoms with Crippen molar-refractivity contribution >= 4 is 12.0 Å². The van der Waals surface area contributed by atoms with E-state index in [1.165, 1.54) is 18.2 Å². The van der Waals surface area contributed by atoms with Gasteiger partial charge in [-0.2, -0.15) is 0 Å². The molecule has 0 bridgehead atoms. The van der Waals surface area contributed by atoms with E-state index in [0.717, 1.165) is 0 Å². The molecule has 1 atom stereocenters. The van der Waals surface area contributed by atoms with Gasteiger partial charge in [-0.05, 0) is 29.7 Å². The molecular formula is C13H16FNO2. The maximum atomic E-state index is 12.8. The minimum atomic E-state index is -0.332. The molecule has 0 fully saturated rings. The fraction of sp³-hybridized carbons (Fsp3) is 0.308. The van der Waals surface area contributed by atoms with E-state index in [2.05, 4.69) is 5.32 Å². The van der Waals surface area contributed by atoms with Gasteiger partial charge in [0.1, 0.15) is 5.82 Å². The fourth-order valence-electron chi connectivity index (χ4n) is 1.18. The van der Waals surface area contributed by atoms with Crippen molar-refractivity contribution in [2.24, 2.45) is 5.92 Å². The predicted octanol–water partition coefficient (Wildman–Crippen LogP) is 1.58. The molecule has 4 heteroatoms. The first kappa shape index (κ1) is 13.4. The second kappa shape index (κ2) is 6.81. The predicted molar refractivity (Wildman–Crippen MR) is 64.7 cm³/mol. The first-order valence-corrected chi connectivity index (χ1v) is 5.44. The Morgan fingerprint density at radius 2 is 2.35 bits per heavy atom. The van der Waals surface area contributed by atoms with Crippen LogP contribution in [-0.4, -0.2) is 24.2 Å². The smallest absolute Gasteiger partial charge is 0.244 e. The monoisotopic (exact) mass is 237 g/mol. The molecule has 1 aromatic rings. The Bertz CT molecular complexity index is 404. The van der Waals surface area contributed by atoms with Gasteiger partial charge >= 0.3 is 0 Å². The molecule has 0 aliphatic heterocycles. The van der Waals surface area contributed by atoms with Gasteiger partial charge in [-0.25, -0.2) is 4.39 Å². The van der Waals surface area contributed by atoms with Crippen LogP contribution in [0.4, 0.5) is 4.39 Å². The zero-order chi connectivity index (χ0) is 12.7. The van der Waals surface area contributed by atoms with Crippen LogP contribution in [0.3, 0.4) is 0 Å². The number of amides is 1. The van der Waals surface area contributed by atoms with Gasteiger partial charge in [0, 0.05) is 19.2 Å². The largest absolute Gasteiger partial charge is 0.396 e. The average molecular weight is 237 g/mol. The molecule has 3 nitrogen and oxygen atoms in total. The minimum Gasteiger partial charge on any atom is -0.396 e. The lowest BCUT2D eigenvalue weighted by atomic mass is 10.2. The Labute approximate surface area is 100.0 Å². The topological polar surface area (TPSA) is 49.3 Å². The molecule has 0 aromatic heterocycles. The maximum absolute atomic E-state index is 12.8. The Morgan fingerprint density at radius 3 is 3.00 bits per heavy atom. The van der Waals surface area contributed by atoms with Crippen LogP contribution in [-0.2, 0) is 4.79 Å². The Kier molecular flexibility index (Phi) is 5.36. The van der Waals surface area contributed by atoms with Crippen LogP contribution in [0, 0.1) is 11.7 Å². The van der Waals surface area contributed by atoms with E-state index in [4.69, 9.17) is 5.11 Å². The van der Waals surface area contributed by atoms with Gasteiger partial charge in [-0.1, -0.05) is 19.1 Å². The fourth-order valence-corrected chi connectivity index (χ4v) is 1.18. The summed E-state index contributed by atoms with van der Waals surface area (Å²) in [6.45, 7) is 2.29. The van der Waals surface area contributed by atoms with Gasteiger partial charge in [0.25, 0.3) is 0 Å². The molecule has 0 heterocycles. The van der Waals surface area contributed by atoms with Crippen LogP contribution in [0.1, 0.15) is 12.5 Å². The lowest BCUT2D eigenvalue weighted by molar-refractivity contribution is -0.116. The van der Waals surface area contributed by atoms with Gasteiger partial charge < -0.3 is 10.4 Å². The summed E-state index contributed by atoms with van der Waals surface area (Å²) in [6, 6.07) is 5.99. The van der Waals surface area contributed by atoms with Crippen molar-refractivity contribution in [3.8, 4) is 0 Å². The third-order valence-corrected chi connectivity index (χ3v) is 2.21. The van der Waals surface area contributed by atoms with Crippen molar-refractivity contribution < 1.29 is 14.3 Å². The van der Waals surface area contributed by atoms with Crippen molar-refractivity contribution in [3.05, 3.63) is 41.7 Å². The number of benzene rings is 1. The number of halogens is 1. The van der Waals surface area contributed by atoms with Crippen LogP contribution in [0.15, 0.2) is 30.3 Å². The number of nitrogens with one attached hydrogen (secondary N) is 1. The molecule has 1 aromatic carbocycles. The number of rotatable bonds is 5. The highest BCUT2D eigenvalue weighted by atomic mass is 19.1. The second-order valence-electron chi connectivity index (χ2n) is 3.92. The molecule has 17 heavy (non-hydrogen) atoms. The standard InChI is InChI=1S/C13H16FNO2/c1-10(9-16)8-15-13(17)6-5-11-3-2-4-12(14)7-11/h2-7,10,16H,8-9H2,1H3,(H,15,17)/b6-5+. The van der Waals surface area contributed by atoms with Crippen molar-refractivity contribution in [3.63, 3.8) is 0 Å². The number of aliphatic hydroxyl groups is 1. The molecule has 0 saturated carbocycles. The van der Waals surface area contributed by atoms with Gasteiger partial charge in [-0.15, -0.1) is 0 Å². The Balaban J connectivity index is 2.45. The van der Waals surface area contributed by atoms with Gasteiger partial charge in [0.2, 0.25) is 5.91 Å². The highest BCUT2D eigenvalue weighted by molar-refractivity contribution is 5.91. The van der Waals surface area contributed by atoms with Crippen LogP contribution in [0.25, 0.3) is 6.08 Å². The summed E-state index contributed by atoms with van der Waals surface area (Å²) in [6.07, 6.45) is 2.89. The lowest BCUT2D eigenvalue weighted by Crippen LogP contribution is -2.27. The van der Waals surface area contributed by atoms with Gasteiger partial charge in [0.05, 0.1) is 0 Å². The van der Waals surface area contributed by atoms with E-state index in [1.54, 1.807) is 18.2 Å².